The van der Waals surface area contributed by atoms with Crippen LogP contribution in [0, 0.1) is 0 Å². The maximum absolute atomic E-state index is 13.1. The summed E-state index contributed by atoms with van der Waals surface area (Å²) >= 11 is 0. The van der Waals surface area contributed by atoms with E-state index < -0.39 is 47.6 Å². The number of aliphatic hydroxyl groups excluding tert-OH is 2. The van der Waals surface area contributed by atoms with Gasteiger partial charge in [-0.25, -0.2) is 0 Å². The number of benzene rings is 2. The zero-order chi connectivity index (χ0) is 30.8. The van der Waals surface area contributed by atoms with Gasteiger partial charge in [0.05, 0.1) is 18.8 Å². The summed E-state index contributed by atoms with van der Waals surface area (Å²) in [6, 6.07) is 14.3. The molecule has 5 rings (SSSR count). The van der Waals surface area contributed by atoms with Crippen molar-refractivity contribution >= 4 is 17.8 Å². The van der Waals surface area contributed by atoms with Gasteiger partial charge in [0, 0.05) is 43.4 Å². The average Bonchev–Trinajstić information content (AvgIpc) is 3.51. The lowest BCUT2D eigenvalue weighted by Crippen LogP contribution is -2.41. The molecule has 10 nitrogen and oxygen atoms in total. The average molecular weight is 593 g/mol. The molecule has 2 amide bonds. The van der Waals surface area contributed by atoms with Crippen molar-refractivity contribution in [1.29, 1.82) is 0 Å². The van der Waals surface area contributed by atoms with Crippen LogP contribution in [0.15, 0.2) is 60.2 Å². The molecule has 1 fully saturated rings. The number of nitrogens with one attached hydrogen (secondary N) is 2. The maximum atomic E-state index is 13.1. The molecule has 2 aromatic carbocycles. The van der Waals surface area contributed by atoms with E-state index in [0.29, 0.717) is 29.5 Å². The van der Waals surface area contributed by atoms with E-state index in [1.165, 1.54) is 11.1 Å². The van der Waals surface area contributed by atoms with Crippen LogP contribution in [-0.2, 0) is 43.2 Å². The zero-order valence-electron chi connectivity index (χ0n) is 24.8. The van der Waals surface area contributed by atoms with Gasteiger partial charge in [-0.2, -0.15) is 0 Å². The van der Waals surface area contributed by atoms with E-state index in [2.05, 4.69) is 22.8 Å². The number of amides is 2. The fraction of sp³-hybridized carbons (Fsp3) is 0.485. The first-order valence-corrected chi connectivity index (χ1v) is 14.8. The molecule has 4 N–H and O–H groups in total. The number of carbonyl (C=O) groups is 3. The molecule has 2 aliphatic carbocycles. The van der Waals surface area contributed by atoms with E-state index in [-0.39, 0.29) is 38.3 Å². The normalized spacial score (nSPS) is 22.7. The lowest BCUT2D eigenvalue weighted by molar-refractivity contribution is -0.171. The molecule has 0 saturated carbocycles. The minimum atomic E-state index is -0.874. The van der Waals surface area contributed by atoms with Crippen LogP contribution in [0.5, 0.6) is 0 Å². The van der Waals surface area contributed by atoms with E-state index in [4.69, 9.17) is 14.2 Å². The van der Waals surface area contributed by atoms with Crippen molar-refractivity contribution in [2.24, 2.45) is 0 Å². The Labute approximate surface area is 251 Å². The zero-order valence-corrected chi connectivity index (χ0v) is 24.8. The molecule has 0 aromatic heterocycles. The van der Waals surface area contributed by atoms with E-state index in [9.17, 15) is 24.6 Å². The minimum Gasteiger partial charge on any atom is -0.460 e. The van der Waals surface area contributed by atoms with Crippen molar-refractivity contribution in [3.8, 4) is 0 Å². The van der Waals surface area contributed by atoms with E-state index in [0.717, 1.165) is 0 Å². The molecule has 10 heteroatoms. The minimum absolute atomic E-state index is 0.0623. The Morgan fingerprint density at radius 1 is 1.05 bits per heavy atom. The third kappa shape index (κ3) is 7.51. The van der Waals surface area contributed by atoms with Gasteiger partial charge in [-0.05, 0) is 62.1 Å². The molecule has 4 unspecified atom stereocenters. The fourth-order valence-electron chi connectivity index (χ4n) is 5.85. The summed E-state index contributed by atoms with van der Waals surface area (Å²) in [5.41, 5.74) is 3.22. The highest BCUT2D eigenvalue weighted by molar-refractivity contribution is 5.95. The lowest BCUT2D eigenvalue weighted by Gasteiger charge is -2.27. The van der Waals surface area contributed by atoms with E-state index in [1.807, 2.05) is 12.1 Å². The molecule has 3 aliphatic rings. The second-order valence-corrected chi connectivity index (χ2v) is 12.5. The fourth-order valence-corrected chi connectivity index (χ4v) is 5.85. The number of hydrogen-bond donors (Lipinski definition) is 4. The second-order valence-electron chi connectivity index (χ2n) is 12.5. The summed E-state index contributed by atoms with van der Waals surface area (Å²) in [4.78, 5) is 38.0. The Balaban J connectivity index is 1.14. The summed E-state index contributed by atoms with van der Waals surface area (Å²) in [5, 5.41) is 26.2. The van der Waals surface area contributed by atoms with Gasteiger partial charge < -0.3 is 35.1 Å². The predicted molar refractivity (Wildman–Crippen MR) is 157 cm³/mol. The first-order chi connectivity index (χ1) is 20.4. The van der Waals surface area contributed by atoms with Gasteiger partial charge in [-0.1, -0.05) is 36.4 Å². The Morgan fingerprint density at radius 2 is 1.77 bits per heavy atom. The highest BCUT2D eigenvalue weighted by Gasteiger charge is 2.53. The lowest BCUT2D eigenvalue weighted by atomic mass is 9.92. The van der Waals surface area contributed by atoms with Crippen molar-refractivity contribution in [2.45, 2.75) is 95.2 Å². The molecular formula is C33H40N2O8. The molecule has 2 aromatic rings. The third-order valence-corrected chi connectivity index (χ3v) is 7.84. The number of ether oxygens (including phenoxy) is 3. The topological polar surface area (TPSA) is 143 Å². The molecule has 230 valence electrons. The van der Waals surface area contributed by atoms with Gasteiger partial charge in [-0.15, -0.1) is 0 Å². The monoisotopic (exact) mass is 592 g/mol. The Hall–Kier alpha value is -3.57. The Kier molecular flexibility index (Phi) is 9.03. The summed E-state index contributed by atoms with van der Waals surface area (Å²) < 4.78 is 17.9. The maximum Gasteiger partial charge on any atom is 0.306 e. The van der Waals surface area contributed by atoms with Crippen LogP contribution >= 0.6 is 0 Å². The summed E-state index contributed by atoms with van der Waals surface area (Å²) in [6.07, 6.45) is 1.46. The van der Waals surface area contributed by atoms with Crippen LogP contribution < -0.4 is 10.6 Å². The number of carbonyl (C=O) groups excluding carboxylic acids is 3. The number of hydrogen-bond acceptors (Lipinski definition) is 8. The van der Waals surface area contributed by atoms with Crippen molar-refractivity contribution in [2.75, 3.05) is 6.61 Å². The van der Waals surface area contributed by atoms with Gasteiger partial charge in [0.25, 0.3) is 5.91 Å². The van der Waals surface area contributed by atoms with Crippen molar-refractivity contribution < 1.29 is 38.8 Å². The molecule has 1 saturated heterocycles. The van der Waals surface area contributed by atoms with Gasteiger partial charge in [0.15, 0.2) is 5.79 Å². The van der Waals surface area contributed by atoms with Crippen LogP contribution in [0.1, 0.15) is 67.1 Å². The molecule has 4 atom stereocenters. The number of aliphatic hydroxyl groups is 2. The van der Waals surface area contributed by atoms with Crippen LogP contribution in [0.2, 0.25) is 0 Å². The quantitative estimate of drug-likeness (QED) is 0.325. The SMILES string of the molecule is CC(C)(C)OC(=O)CCC(CO)NC(=O)c1cccc(CNC(=O)C2=CC3OC4(Cc5ccccc5C4)OC3C(O)C2)c1. The molecule has 0 bridgehead atoms. The van der Waals surface area contributed by atoms with Crippen molar-refractivity contribution in [3.05, 3.63) is 82.4 Å². The summed E-state index contributed by atoms with van der Waals surface area (Å²) in [6.45, 7) is 5.18. The highest BCUT2D eigenvalue weighted by Crippen LogP contribution is 2.44. The molecule has 1 heterocycles. The Bertz CT molecular complexity index is 1370. The smallest absolute Gasteiger partial charge is 0.306 e. The largest absolute Gasteiger partial charge is 0.460 e. The third-order valence-electron chi connectivity index (χ3n) is 7.84. The number of esters is 1. The van der Waals surface area contributed by atoms with Gasteiger partial charge in [-0.3, -0.25) is 14.4 Å². The van der Waals surface area contributed by atoms with E-state index >= 15 is 0 Å². The van der Waals surface area contributed by atoms with Crippen LogP contribution in [-0.4, -0.2) is 70.3 Å². The van der Waals surface area contributed by atoms with Crippen LogP contribution in [0.3, 0.4) is 0 Å². The molecule has 1 spiro atoms. The standard InChI is InChI=1S/C33H40N2O8/c1-32(2,3)42-28(38)12-11-25(19-36)35-31(40)21-10-6-7-20(13-21)18-34-30(39)24-14-26(37)29-27(15-24)41-33(43-29)16-22-8-4-5-9-23(22)17-33/h4-10,13,15,25-27,29,36-37H,11-12,14,16-19H2,1-3H3,(H,34,39)(H,35,40). The molecule has 1 aliphatic heterocycles. The first kappa shape index (κ1) is 30.9. The first-order valence-electron chi connectivity index (χ1n) is 14.8. The van der Waals surface area contributed by atoms with Crippen LogP contribution in [0.25, 0.3) is 0 Å². The van der Waals surface area contributed by atoms with Crippen molar-refractivity contribution in [3.63, 3.8) is 0 Å². The van der Waals surface area contributed by atoms with Gasteiger partial charge >= 0.3 is 5.97 Å². The van der Waals surface area contributed by atoms with E-state index in [1.54, 1.807) is 51.1 Å². The predicted octanol–water partition coefficient (Wildman–Crippen LogP) is 2.49. The Morgan fingerprint density at radius 3 is 2.44 bits per heavy atom. The molecule has 0 radical (unpaired) electrons. The van der Waals surface area contributed by atoms with Gasteiger partial charge in [0.2, 0.25) is 5.91 Å². The van der Waals surface area contributed by atoms with Crippen LogP contribution in [0.4, 0.5) is 0 Å². The number of rotatable bonds is 9. The van der Waals surface area contributed by atoms with Crippen molar-refractivity contribution in [1.82, 2.24) is 10.6 Å². The second kappa shape index (κ2) is 12.6. The highest BCUT2D eigenvalue weighted by atomic mass is 16.8. The molecular weight excluding hydrogens is 552 g/mol. The van der Waals surface area contributed by atoms with Gasteiger partial charge in [0.1, 0.15) is 17.8 Å². The summed E-state index contributed by atoms with van der Waals surface area (Å²) in [5.74, 6) is -1.95. The number of fused-ring (bicyclic) bond motifs is 2. The summed E-state index contributed by atoms with van der Waals surface area (Å²) in [7, 11) is 0. The molecule has 43 heavy (non-hydrogen) atoms.